The second-order valence-corrected chi connectivity index (χ2v) is 10.6. The van der Waals surface area contributed by atoms with Gasteiger partial charge in [-0.15, -0.1) is 0 Å². The molecule has 0 spiro atoms. The number of amides is 3. The molecule has 2 aliphatic rings. The number of rotatable bonds is 7. The SMILES string of the molecule is Cc1ccc(C(=O)Oc2ccc(C(=O)CN(C(=O)c3ccccc3Cl)N3C(=O)[C@@H]4[C@H](C)C=CC[C@H]4C3=O)cc2)cc1. The first kappa shape index (κ1) is 28.0. The predicted octanol–water partition coefficient (Wildman–Crippen LogP) is 5.30. The molecule has 1 aliphatic heterocycles. The van der Waals surface area contributed by atoms with E-state index < -0.39 is 47.9 Å². The first-order valence-corrected chi connectivity index (χ1v) is 13.6. The monoisotopic (exact) mass is 570 g/mol. The fourth-order valence-corrected chi connectivity index (χ4v) is 5.38. The number of benzene rings is 3. The van der Waals surface area contributed by atoms with Gasteiger partial charge >= 0.3 is 5.97 Å². The summed E-state index contributed by atoms with van der Waals surface area (Å²) in [6, 6.07) is 19.0. The van der Waals surface area contributed by atoms with Crippen LogP contribution in [0.25, 0.3) is 0 Å². The Balaban J connectivity index is 1.39. The highest BCUT2D eigenvalue weighted by atomic mass is 35.5. The van der Waals surface area contributed by atoms with Crippen molar-refractivity contribution in [3.05, 3.63) is 112 Å². The number of fused-ring (bicyclic) bond motifs is 1. The molecule has 5 rings (SSSR count). The minimum absolute atomic E-state index is 0.0574. The van der Waals surface area contributed by atoms with E-state index in [0.29, 0.717) is 12.0 Å². The summed E-state index contributed by atoms with van der Waals surface area (Å²) in [6.07, 6.45) is 4.12. The van der Waals surface area contributed by atoms with Crippen LogP contribution in [0.3, 0.4) is 0 Å². The number of carbonyl (C=O) groups excluding carboxylic acids is 5. The summed E-state index contributed by atoms with van der Waals surface area (Å²) < 4.78 is 5.41. The Morgan fingerprint density at radius 3 is 2.24 bits per heavy atom. The van der Waals surface area contributed by atoms with Crippen LogP contribution in [-0.4, -0.2) is 46.0 Å². The van der Waals surface area contributed by atoms with Crippen molar-refractivity contribution in [3.8, 4) is 5.75 Å². The van der Waals surface area contributed by atoms with Gasteiger partial charge in [0, 0.05) is 5.56 Å². The zero-order chi connectivity index (χ0) is 29.3. The Morgan fingerprint density at radius 1 is 0.927 bits per heavy atom. The van der Waals surface area contributed by atoms with Gasteiger partial charge in [-0.2, -0.15) is 5.01 Å². The highest BCUT2D eigenvalue weighted by molar-refractivity contribution is 6.34. The maximum absolute atomic E-state index is 13.7. The lowest BCUT2D eigenvalue weighted by Crippen LogP contribution is -2.52. The second kappa shape index (κ2) is 11.5. The maximum atomic E-state index is 13.7. The smallest absolute Gasteiger partial charge is 0.343 e. The lowest BCUT2D eigenvalue weighted by atomic mass is 9.78. The van der Waals surface area contributed by atoms with Crippen molar-refractivity contribution in [2.75, 3.05) is 6.54 Å². The molecule has 0 radical (unpaired) electrons. The van der Waals surface area contributed by atoms with Gasteiger partial charge in [0.1, 0.15) is 12.3 Å². The Bertz CT molecular complexity index is 1560. The number of carbonyl (C=O) groups is 5. The number of aryl methyl sites for hydroxylation is 1. The normalized spacial score (nSPS) is 19.6. The fraction of sp³-hybridized carbons (Fsp3) is 0.219. The predicted molar refractivity (Wildman–Crippen MR) is 151 cm³/mol. The topological polar surface area (TPSA) is 101 Å². The average Bonchev–Trinajstić information content (AvgIpc) is 3.22. The summed E-state index contributed by atoms with van der Waals surface area (Å²) in [5.41, 5.74) is 1.65. The lowest BCUT2D eigenvalue weighted by Gasteiger charge is -2.30. The van der Waals surface area contributed by atoms with Crippen molar-refractivity contribution in [1.29, 1.82) is 0 Å². The molecule has 1 saturated heterocycles. The average molecular weight is 571 g/mol. The summed E-state index contributed by atoms with van der Waals surface area (Å²) in [7, 11) is 0. The molecule has 3 amide bonds. The molecule has 3 aromatic rings. The van der Waals surface area contributed by atoms with E-state index in [9.17, 15) is 24.0 Å². The van der Waals surface area contributed by atoms with Gasteiger partial charge in [-0.25, -0.2) is 9.80 Å². The number of hydrogen-bond acceptors (Lipinski definition) is 6. The van der Waals surface area contributed by atoms with Crippen LogP contribution in [0.2, 0.25) is 5.02 Å². The molecule has 208 valence electrons. The quantitative estimate of drug-likeness (QED) is 0.126. The molecule has 0 saturated carbocycles. The standard InChI is InChI=1S/C32H27ClN2O6/c1-19-10-12-22(13-11-19)32(40)41-23-16-14-21(15-17-23)27(36)18-34(29(37)24-7-3-4-9-26(24)33)35-30(38)25-8-5-6-20(2)28(25)31(35)39/h3-7,9-17,20,25,28H,8,18H2,1-2H3/t20-,25-,28-/m1/s1. The number of halogens is 1. The number of hydrogen-bond donors (Lipinski definition) is 0. The highest BCUT2D eigenvalue weighted by Crippen LogP contribution is 2.39. The number of hydrazine groups is 1. The molecule has 0 aromatic heterocycles. The zero-order valence-corrected chi connectivity index (χ0v) is 23.2. The minimum Gasteiger partial charge on any atom is -0.423 e. The van der Waals surface area contributed by atoms with Crippen LogP contribution in [0.5, 0.6) is 5.75 Å². The number of allylic oxidation sites excluding steroid dienone is 2. The molecule has 3 aromatic carbocycles. The second-order valence-electron chi connectivity index (χ2n) is 10.2. The summed E-state index contributed by atoms with van der Waals surface area (Å²) in [4.78, 5) is 66.5. The molecule has 1 fully saturated rings. The van der Waals surface area contributed by atoms with Gasteiger partial charge in [-0.05, 0) is 67.8 Å². The maximum Gasteiger partial charge on any atom is 0.343 e. The number of nitrogens with zero attached hydrogens (tertiary/aromatic N) is 2. The van der Waals surface area contributed by atoms with E-state index >= 15 is 0 Å². The van der Waals surface area contributed by atoms with Gasteiger partial charge in [-0.3, -0.25) is 19.2 Å². The van der Waals surface area contributed by atoms with Gasteiger partial charge < -0.3 is 4.74 Å². The number of ketones is 1. The zero-order valence-electron chi connectivity index (χ0n) is 22.5. The van der Waals surface area contributed by atoms with Crippen LogP contribution in [0.15, 0.2) is 84.9 Å². The largest absolute Gasteiger partial charge is 0.423 e. The first-order chi connectivity index (χ1) is 19.7. The number of esters is 1. The van der Waals surface area contributed by atoms with Crippen LogP contribution in [0.4, 0.5) is 0 Å². The molecular formula is C32H27ClN2O6. The molecular weight excluding hydrogens is 544 g/mol. The number of Topliss-reactive ketones (excluding diaryl/α,β-unsaturated/α-hetero) is 1. The van der Waals surface area contributed by atoms with Crippen LogP contribution in [0.1, 0.15) is 50.0 Å². The Morgan fingerprint density at radius 2 is 1.59 bits per heavy atom. The summed E-state index contributed by atoms with van der Waals surface area (Å²) in [5, 5.41) is 1.84. The molecule has 1 aliphatic carbocycles. The van der Waals surface area contributed by atoms with Crippen molar-refractivity contribution in [1.82, 2.24) is 10.0 Å². The Kier molecular flexibility index (Phi) is 7.85. The first-order valence-electron chi connectivity index (χ1n) is 13.2. The van der Waals surface area contributed by atoms with Gasteiger partial charge in [0.2, 0.25) is 0 Å². The summed E-state index contributed by atoms with van der Waals surface area (Å²) >= 11 is 6.28. The van der Waals surface area contributed by atoms with Crippen molar-refractivity contribution < 1.29 is 28.7 Å². The van der Waals surface area contributed by atoms with Crippen LogP contribution in [0, 0.1) is 24.7 Å². The number of ether oxygens (including phenoxy) is 1. The molecule has 1 heterocycles. The lowest BCUT2D eigenvalue weighted by molar-refractivity contribution is -0.154. The molecule has 0 N–H and O–H groups in total. The fourth-order valence-electron chi connectivity index (χ4n) is 5.17. The molecule has 9 heteroatoms. The van der Waals surface area contributed by atoms with E-state index in [1.807, 2.05) is 26.0 Å². The third-order valence-electron chi connectivity index (χ3n) is 7.40. The minimum atomic E-state index is -0.742. The van der Waals surface area contributed by atoms with E-state index in [4.69, 9.17) is 16.3 Å². The van der Waals surface area contributed by atoms with E-state index in [1.165, 1.54) is 36.4 Å². The van der Waals surface area contributed by atoms with Crippen LogP contribution < -0.4 is 4.74 Å². The molecule has 8 nitrogen and oxygen atoms in total. The van der Waals surface area contributed by atoms with Crippen molar-refractivity contribution in [2.24, 2.45) is 17.8 Å². The van der Waals surface area contributed by atoms with Crippen LogP contribution >= 0.6 is 11.6 Å². The summed E-state index contributed by atoms with van der Waals surface area (Å²) in [6.45, 7) is 3.18. The van der Waals surface area contributed by atoms with E-state index in [-0.39, 0.29) is 27.8 Å². The van der Waals surface area contributed by atoms with Gasteiger partial charge in [0.15, 0.2) is 5.78 Å². The molecule has 41 heavy (non-hydrogen) atoms. The van der Waals surface area contributed by atoms with Crippen molar-refractivity contribution in [3.63, 3.8) is 0 Å². The third kappa shape index (κ3) is 5.56. The van der Waals surface area contributed by atoms with Crippen molar-refractivity contribution in [2.45, 2.75) is 20.3 Å². The molecule has 0 unspecified atom stereocenters. The van der Waals surface area contributed by atoms with Crippen molar-refractivity contribution >= 4 is 41.1 Å². The highest BCUT2D eigenvalue weighted by Gasteiger charge is 2.53. The summed E-state index contributed by atoms with van der Waals surface area (Å²) in [5.74, 6) is -4.06. The molecule has 3 atom stereocenters. The van der Waals surface area contributed by atoms with Gasteiger partial charge in [0.25, 0.3) is 17.7 Å². The van der Waals surface area contributed by atoms with E-state index in [1.54, 1.807) is 36.4 Å². The van der Waals surface area contributed by atoms with Crippen LogP contribution in [-0.2, 0) is 9.59 Å². The Hall–Kier alpha value is -4.56. The third-order valence-corrected chi connectivity index (χ3v) is 7.73. The number of imide groups is 1. The van der Waals surface area contributed by atoms with Gasteiger partial charge in [0.05, 0.1) is 28.0 Å². The van der Waals surface area contributed by atoms with E-state index in [0.717, 1.165) is 15.6 Å². The van der Waals surface area contributed by atoms with E-state index in [2.05, 4.69) is 0 Å². The Labute approximate surface area is 242 Å². The molecule has 0 bridgehead atoms. The van der Waals surface area contributed by atoms with Gasteiger partial charge in [-0.1, -0.05) is 60.5 Å².